The SMILES string of the molecule is Cc1ccc2nc(C(F)F)n(-c3cc(N4CCOCC4)nc(NC4CCC(CC(=O)CN(C)C)CC4)n3)c2c1. The maximum atomic E-state index is 14.2. The molecule has 0 atom stereocenters. The summed E-state index contributed by atoms with van der Waals surface area (Å²) in [6, 6.07) is 7.40. The molecule has 0 amide bonds. The van der Waals surface area contributed by atoms with Crippen LogP contribution >= 0.6 is 0 Å². The first-order chi connectivity index (χ1) is 18.8. The van der Waals surface area contributed by atoms with Crippen molar-refractivity contribution in [3.8, 4) is 5.82 Å². The average molecular weight is 542 g/mol. The lowest BCUT2D eigenvalue weighted by Gasteiger charge is -2.30. The second-order valence-electron chi connectivity index (χ2n) is 10.9. The van der Waals surface area contributed by atoms with Crippen molar-refractivity contribution in [2.75, 3.05) is 57.2 Å². The summed E-state index contributed by atoms with van der Waals surface area (Å²) in [6.07, 6.45) is 1.55. The van der Waals surface area contributed by atoms with Crippen LogP contribution in [-0.4, -0.2) is 83.2 Å². The van der Waals surface area contributed by atoms with Crippen LogP contribution in [0, 0.1) is 12.8 Å². The van der Waals surface area contributed by atoms with E-state index in [1.807, 2.05) is 38.1 Å². The van der Waals surface area contributed by atoms with Crippen LogP contribution in [0.1, 0.15) is 49.9 Å². The zero-order valence-electron chi connectivity index (χ0n) is 22.9. The van der Waals surface area contributed by atoms with Gasteiger partial charge in [0.05, 0.1) is 30.8 Å². The number of aryl methyl sites for hydroxylation is 1. The van der Waals surface area contributed by atoms with Crippen molar-refractivity contribution in [2.24, 2.45) is 5.92 Å². The summed E-state index contributed by atoms with van der Waals surface area (Å²) in [5.41, 5.74) is 2.04. The van der Waals surface area contributed by atoms with Gasteiger partial charge in [0, 0.05) is 31.6 Å². The topological polar surface area (TPSA) is 88.4 Å². The number of hydrogen-bond acceptors (Lipinski definition) is 8. The highest BCUT2D eigenvalue weighted by Crippen LogP contribution is 2.32. The molecule has 2 fully saturated rings. The molecule has 0 radical (unpaired) electrons. The van der Waals surface area contributed by atoms with E-state index in [0.717, 1.165) is 31.2 Å². The van der Waals surface area contributed by atoms with Gasteiger partial charge in [0.25, 0.3) is 6.43 Å². The van der Waals surface area contributed by atoms with Gasteiger partial charge in [-0.05, 0) is 70.3 Å². The third-order valence-corrected chi connectivity index (χ3v) is 7.48. The van der Waals surface area contributed by atoms with E-state index in [-0.39, 0.29) is 17.6 Å². The summed E-state index contributed by atoms with van der Waals surface area (Å²) in [6.45, 7) is 4.88. The van der Waals surface area contributed by atoms with Crippen molar-refractivity contribution >= 4 is 28.6 Å². The predicted octanol–water partition coefficient (Wildman–Crippen LogP) is 4.39. The summed E-state index contributed by atoms with van der Waals surface area (Å²) < 4.78 is 35.3. The average Bonchev–Trinajstić information content (AvgIpc) is 3.29. The number of nitrogens with one attached hydrogen (secondary N) is 1. The normalized spacial score (nSPS) is 20.2. The molecule has 2 aromatic heterocycles. The fourth-order valence-corrected chi connectivity index (χ4v) is 5.58. The van der Waals surface area contributed by atoms with Gasteiger partial charge in [-0.3, -0.25) is 9.36 Å². The van der Waals surface area contributed by atoms with Gasteiger partial charge in [0.1, 0.15) is 17.4 Å². The number of imidazole rings is 1. The van der Waals surface area contributed by atoms with E-state index < -0.39 is 6.43 Å². The molecule has 0 spiro atoms. The Kier molecular flexibility index (Phi) is 8.37. The number of ketones is 1. The van der Waals surface area contributed by atoms with Crippen molar-refractivity contribution in [1.82, 2.24) is 24.4 Å². The number of rotatable bonds is 9. The first-order valence-electron chi connectivity index (χ1n) is 13.7. The van der Waals surface area contributed by atoms with E-state index in [1.165, 1.54) is 4.57 Å². The summed E-state index contributed by atoms with van der Waals surface area (Å²) in [5.74, 6) is 1.77. The number of halogens is 2. The molecule has 1 N–H and O–H groups in total. The van der Waals surface area contributed by atoms with Gasteiger partial charge in [0.15, 0.2) is 5.82 Å². The first kappa shape index (κ1) is 27.4. The van der Waals surface area contributed by atoms with Crippen LogP contribution in [-0.2, 0) is 9.53 Å². The number of alkyl halides is 2. The van der Waals surface area contributed by atoms with Crippen molar-refractivity contribution in [3.05, 3.63) is 35.7 Å². The Morgan fingerprint density at radius 1 is 1.08 bits per heavy atom. The molecule has 1 saturated carbocycles. The number of morpholine rings is 1. The minimum atomic E-state index is -2.76. The van der Waals surface area contributed by atoms with E-state index in [9.17, 15) is 13.6 Å². The molecule has 9 nitrogen and oxygen atoms in total. The number of nitrogens with zero attached hydrogens (tertiary/aromatic N) is 6. The lowest BCUT2D eigenvalue weighted by atomic mass is 9.83. The lowest BCUT2D eigenvalue weighted by Crippen LogP contribution is -2.37. The monoisotopic (exact) mass is 541 g/mol. The van der Waals surface area contributed by atoms with Crippen LogP contribution in [0.4, 0.5) is 20.5 Å². The zero-order chi connectivity index (χ0) is 27.5. The zero-order valence-corrected chi connectivity index (χ0v) is 22.9. The van der Waals surface area contributed by atoms with E-state index in [2.05, 4.69) is 15.2 Å². The molecule has 39 heavy (non-hydrogen) atoms. The number of Topliss-reactive ketones (excluding diaryl/α,β-unsaturated/α-hetero) is 1. The Bertz CT molecular complexity index is 1300. The molecule has 1 aliphatic heterocycles. The summed E-state index contributed by atoms with van der Waals surface area (Å²) in [5, 5.41) is 3.48. The molecule has 1 saturated heterocycles. The van der Waals surface area contributed by atoms with Gasteiger partial charge in [-0.1, -0.05) is 6.07 Å². The summed E-state index contributed by atoms with van der Waals surface area (Å²) in [7, 11) is 3.83. The predicted molar refractivity (Wildman–Crippen MR) is 147 cm³/mol. The van der Waals surface area contributed by atoms with Crippen LogP contribution in [0.2, 0.25) is 0 Å². The highest BCUT2D eigenvalue weighted by Gasteiger charge is 2.26. The number of carbonyl (C=O) groups is 1. The van der Waals surface area contributed by atoms with Crippen molar-refractivity contribution < 1.29 is 18.3 Å². The Balaban J connectivity index is 1.42. The molecule has 11 heteroatoms. The standard InChI is InChI=1S/C28H37F2N7O2/c1-18-4-9-22-23(14-18)37(27(32-22)26(29)30)25-16-24(36-10-12-39-13-11-36)33-28(34-25)31-20-7-5-19(6-8-20)15-21(38)17-35(2)3/h4,9,14,16,19-20,26H,5-8,10-13,15,17H2,1-3H3,(H,31,33,34). The lowest BCUT2D eigenvalue weighted by molar-refractivity contribution is -0.120. The number of benzene rings is 1. The Labute approximate surface area is 227 Å². The second kappa shape index (κ2) is 11.9. The minimum absolute atomic E-state index is 0.148. The van der Waals surface area contributed by atoms with E-state index >= 15 is 0 Å². The third-order valence-electron chi connectivity index (χ3n) is 7.48. The van der Waals surface area contributed by atoms with Crippen molar-refractivity contribution in [2.45, 2.75) is 51.5 Å². The Morgan fingerprint density at radius 3 is 2.49 bits per heavy atom. The molecular formula is C28H37F2N7O2. The number of fused-ring (bicyclic) bond motifs is 1. The van der Waals surface area contributed by atoms with Gasteiger partial charge >= 0.3 is 0 Å². The molecule has 5 rings (SSSR count). The highest BCUT2D eigenvalue weighted by molar-refractivity contribution is 5.80. The molecule has 1 aliphatic carbocycles. The van der Waals surface area contributed by atoms with E-state index in [4.69, 9.17) is 14.7 Å². The van der Waals surface area contributed by atoms with Gasteiger partial charge in [-0.2, -0.15) is 9.97 Å². The molecule has 210 valence electrons. The number of aromatic nitrogens is 4. The first-order valence-corrected chi connectivity index (χ1v) is 13.7. The van der Waals surface area contributed by atoms with Crippen molar-refractivity contribution in [1.29, 1.82) is 0 Å². The van der Waals surface area contributed by atoms with E-state index in [1.54, 1.807) is 12.1 Å². The molecule has 0 unspecified atom stereocenters. The fourth-order valence-electron chi connectivity index (χ4n) is 5.58. The van der Waals surface area contributed by atoms with E-state index in [0.29, 0.717) is 73.8 Å². The molecule has 0 bridgehead atoms. The number of hydrogen-bond donors (Lipinski definition) is 1. The number of carbonyl (C=O) groups excluding carboxylic acids is 1. The Morgan fingerprint density at radius 2 is 1.79 bits per heavy atom. The van der Waals surface area contributed by atoms with Gasteiger partial charge in [0.2, 0.25) is 5.95 Å². The maximum Gasteiger partial charge on any atom is 0.296 e. The Hall–Kier alpha value is -3.18. The van der Waals surface area contributed by atoms with Gasteiger partial charge in [-0.25, -0.2) is 13.8 Å². The van der Waals surface area contributed by atoms with Crippen LogP contribution in [0.3, 0.4) is 0 Å². The fraction of sp³-hybridized carbons (Fsp3) is 0.571. The third kappa shape index (κ3) is 6.52. The quantitative estimate of drug-likeness (QED) is 0.427. The summed E-state index contributed by atoms with van der Waals surface area (Å²) >= 11 is 0. The molecule has 1 aromatic carbocycles. The van der Waals surface area contributed by atoms with Crippen molar-refractivity contribution in [3.63, 3.8) is 0 Å². The smallest absolute Gasteiger partial charge is 0.296 e. The maximum absolute atomic E-state index is 14.2. The molecular weight excluding hydrogens is 504 g/mol. The number of anilines is 2. The molecule has 3 heterocycles. The largest absolute Gasteiger partial charge is 0.378 e. The second-order valence-corrected chi connectivity index (χ2v) is 10.9. The van der Waals surface area contributed by atoms with Crippen LogP contribution in [0.15, 0.2) is 24.3 Å². The van der Waals surface area contributed by atoms with Crippen LogP contribution in [0.5, 0.6) is 0 Å². The van der Waals surface area contributed by atoms with Crippen LogP contribution in [0.25, 0.3) is 16.9 Å². The van der Waals surface area contributed by atoms with Crippen LogP contribution < -0.4 is 10.2 Å². The van der Waals surface area contributed by atoms with Gasteiger partial charge in [-0.15, -0.1) is 0 Å². The molecule has 3 aromatic rings. The van der Waals surface area contributed by atoms with Gasteiger partial charge < -0.3 is 19.9 Å². The number of likely N-dealkylation sites (N-methyl/N-ethyl adjacent to an activating group) is 1. The summed E-state index contributed by atoms with van der Waals surface area (Å²) in [4.78, 5) is 30.1. The number of ether oxygens (including phenoxy) is 1. The minimum Gasteiger partial charge on any atom is -0.378 e. The highest BCUT2D eigenvalue weighted by atomic mass is 19.3. The molecule has 2 aliphatic rings.